The predicted molar refractivity (Wildman–Crippen MR) is 85.2 cm³/mol. The molecule has 3 heteroatoms. The molecule has 1 atom stereocenters. The van der Waals surface area contributed by atoms with Crippen LogP contribution in [-0.2, 0) is 6.42 Å². The van der Waals surface area contributed by atoms with Gasteiger partial charge in [-0.25, -0.2) is 0 Å². The van der Waals surface area contributed by atoms with Crippen LogP contribution in [0.2, 0.25) is 0 Å². The van der Waals surface area contributed by atoms with E-state index >= 15 is 0 Å². The first kappa shape index (κ1) is 14.7. The van der Waals surface area contributed by atoms with Crippen LogP contribution in [-0.4, -0.2) is 25.8 Å². The highest BCUT2D eigenvalue weighted by Gasteiger charge is 2.19. The molecule has 1 aliphatic carbocycles. The lowest BCUT2D eigenvalue weighted by Gasteiger charge is -2.24. The van der Waals surface area contributed by atoms with Gasteiger partial charge in [-0.2, -0.15) is 0 Å². The Morgan fingerprint density at radius 1 is 1.05 bits per heavy atom. The standard InChI is InChI=1S/C18H27NO2/c1-20-18-13-14(12-15-6-4-5-11-19-15)9-10-17(18)21-16-7-2-3-8-16/h9-10,13,15-16,19H,2-8,11-12H2,1H3. The van der Waals surface area contributed by atoms with Crippen LogP contribution in [0.25, 0.3) is 0 Å². The zero-order valence-corrected chi connectivity index (χ0v) is 13.1. The molecule has 0 radical (unpaired) electrons. The minimum absolute atomic E-state index is 0.379. The Labute approximate surface area is 128 Å². The van der Waals surface area contributed by atoms with E-state index < -0.39 is 0 Å². The molecule has 3 nitrogen and oxygen atoms in total. The summed E-state index contributed by atoms with van der Waals surface area (Å²) in [6.45, 7) is 1.16. The number of nitrogens with one attached hydrogen (secondary N) is 1. The summed E-state index contributed by atoms with van der Waals surface area (Å²) in [5.74, 6) is 1.79. The van der Waals surface area contributed by atoms with E-state index in [2.05, 4.69) is 23.5 Å². The van der Waals surface area contributed by atoms with Gasteiger partial charge in [-0.1, -0.05) is 12.5 Å². The fraction of sp³-hybridized carbons (Fsp3) is 0.667. The maximum Gasteiger partial charge on any atom is 0.161 e. The number of piperidine rings is 1. The van der Waals surface area contributed by atoms with E-state index in [-0.39, 0.29) is 0 Å². The summed E-state index contributed by atoms with van der Waals surface area (Å²) in [4.78, 5) is 0. The second-order valence-electron chi connectivity index (χ2n) is 6.36. The molecule has 1 saturated heterocycles. The van der Waals surface area contributed by atoms with E-state index in [0.29, 0.717) is 12.1 Å². The van der Waals surface area contributed by atoms with Crippen molar-refractivity contribution in [1.29, 1.82) is 0 Å². The van der Waals surface area contributed by atoms with Crippen molar-refractivity contribution in [2.75, 3.05) is 13.7 Å². The molecule has 0 bridgehead atoms. The summed E-state index contributed by atoms with van der Waals surface area (Å²) >= 11 is 0. The van der Waals surface area contributed by atoms with E-state index in [1.807, 2.05) is 0 Å². The molecule has 1 unspecified atom stereocenters. The topological polar surface area (TPSA) is 30.5 Å². The second kappa shape index (κ2) is 7.17. The van der Waals surface area contributed by atoms with Crippen LogP contribution in [0.3, 0.4) is 0 Å². The number of benzene rings is 1. The summed E-state index contributed by atoms with van der Waals surface area (Å²) in [6.07, 6.45) is 10.3. The Morgan fingerprint density at radius 2 is 1.86 bits per heavy atom. The normalized spacial score (nSPS) is 23.2. The molecular formula is C18H27NO2. The van der Waals surface area contributed by atoms with Crippen LogP contribution < -0.4 is 14.8 Å². The fourth-order valence-electron chi connectivity index (χ4n) is 3.50. The van der Waals surface area contributed by atoms with Crippen LogP contribution in [0.15, 0.2) is 18.2 Å². The molecule has 1 aromatic rings. The third kappa shape index (κ3) is 3.91. The van der Waals surface area contributed by atoms with Crippen molar-refractivity contribution >= 4 is 0 Å². The van der Waals surface area contributed by atoms with Gasteiger partial charge in [0.2, 0.25) is 0 Å². The van der Waals surface area contributed by atoms with Crippen LogP contribution in [0.4, 0.5) is 0 Å². The average Bonchev–Trinajstić information content (AvgIpc) is 3.03. The van der Waals surface area contributed by atoms with Crippen LogP contribution in [0, 0.1) is 0 Å². The van der Waals surface area contributed by atoms with E-state index in [4.69, 9.17) is 9.47 Å². The summed E-state index contributed by atoms with van der Waals surface area (Å²) in [5.41, 5.74) is 1.34. The van der Waals surface area contributed by atoms with Crippen molar-refractivity contribution in [3.05, 3.63) is 23.8 Å². The molecule has 3 rings (SSSR count). The number of ether oxygens (including phenoxy) is 2. The summed E-state index contributed by atoms with van der Waals surface area (Å²) in [5, 5.41) is 3.61. The van der Waals surface area contributed by atoms with E-state index in [0.717, 1.165) is 24.5 Å². The van der Waals surface area contributed by atoms with E-state index in [9.17, 15) is 0 Å². The Balaban J connectivity index is 1.65. The number of rotatable bonds is 5. The van der Waals surface area contributed by atoms with Gasteiger partial charge in [0.1, 0.15) is 0 Å². The van der Waals surface area contributed by atoms with Crippen LogP contribution in [0.5, 0.6) is 11.5 Å². The Hall–Kier alpha value is -1.22. The highest BCUT2D eigenvalue weighted by molar-refractivity contribution is 5.43. The molecule has 2 fully saturated rings. The fourth-order valence-corrected chi connectivity index (χ4v) is 3.50. The first-order valence-electron chi connectivity index (χ1n) is 8.42. The molecule has 1 heterocycles. The van der Waals surface area contributed by atoms with E-state index in [1.165, 1.54) is 50.5 Å². The number of hydrogen-bond donors (Lipinski definition) is 1. The lowest BCUT2D eigenvalue weighted by atomic mass is 9.97. The molecule has 21 heavy (non-hydrogen) atoms. The third-order valence-electron chi connectivity index (χ3n) is 4.72. The molecule has 1 N–H and O–H groups in total. The third-order valence-corrected chi connectivity index (χ3v) is 4.72. The van der Waals surface area contributed by atoms with Gasteiger partial charge in [0.15, 0.2) is 11.5 Å². The lowest BCUT2D eigenvalue weighted by Crippen LogP contribution is -2.35. The Bertz CT molecular complexity index is 449. The molecule has 1 aliphatic heterocycles. The van der Waals surface area contributed by atoms with Gasteiger partial charge in [0, 0.05) is 6.04 Å². The first-order chi connectivity index (χ1) is 10.3. The van der Waals surface area contributed by atoms with Gasteiger partial charge >= 0.3 is 0 Å². The number of hydrogen-bond acceptors (Lipinski definition) is 3. The molecule has 0 aromatic heterocycles. The van der Waals surface area contributed by atoms with Gasteiger partial charge in [-0.05, 0) is 69.2 Å². The minimum Gasteiger partial charge on any atom is -0.493 e. The predicted octanol–water partition coefficient (Wildman–Crippen LogP) is 3.70. The van der Waals surface area contributed by atoms with Crippen molar-refractivity contribution in [2.24, 2.45) is 0 Å². The monoisotopic (exact) mass is 289 g/mol. The average molecular weight is 289 g/mol. The molecule has 116 valence electrons. The van der Waals surface area contributed by atoms with Crippen molar-refractivity contribution < 1.29 is 9.47 Å². The quantitative estimate of drug-likeness (QED) is 0.896. The highest BCUT2D eigenvalue weighted by Crippen LogP contribution is 2.32. The molecule has 2 aliphatic rings. The molecule has 0 amide bonds. The Kier molecular flexibility index (Phi) is 5.02. The summed E-state index contributed by atoms with van der Waals surface area (Å²) < 4.78 is 11.6. The molecule has 1 aromatic carbocycles. The van der Waals surface area contributed by atoms with E-state index in [1.54, 1.807) is 7.11 Å². The maximum atomic E-state index is 6.10. The SMILES string of the molecule is COc1cc(CC2CCCCN2)ccc1OC1CCCC1. The minimum atomic E-state index is 0.379. The Morgan fingerprint density at radius 3 is 2.57 bits per heavy atom. The maximum absolute atomic E-state index is 6.10. The van der Waals surface area contributed by atoms with Gasteiger partial charge in [0.25, 0.3) is 0 Å². The van der Waals surface area contributed by atoms with Gasteiger partial charge < -0.3 is 14.8 Å². The summed E-state index contributed by atoms with van der Waals surface area (Å²) in [7, 11) is 1.74. The zero-order chi connectivity index (χ0) is 14.5. The van der Waals surface area contributed by atoms with Crippen LogP contribution >= 0.6 is 0 Å². The first-order valence-corrected chi connectivity index (χ1v) is 8.42. The largest absolute Gasteiger partial charge is 0.493 e. The second-order valence-corrected chi connectivity index (χ2v) is 6.36. The van der Waals surface area contributed by atoms with Crippen molar-refractivity contribution in [1.82, 2.24) is 5.32 Å². The van der Waals surface area contributed by atoms with Crippen molar-refractivity contribution in [3.63, 3.8) is 0 Å². The van der Waals surface area contributed by atoms with Gasteiger partial charge in [0.05, 0.1) is 13.2 Å². The number of methoxy groups -OCH3 is 1. The van der Waals surface area contributed by atoms with Gasteiger partial charge in [-0.3, -0.25) is 0 Å². The van der Waals surface area contributed by atoms with Crippen molar-refractivity contribution in [2.45, 2.75) is 63.5 Å². The lowest BCUT2D eigenvalue weighted by molar-refractivity contribution is 0.200. The molecule has 0 spiro atoms. The molecule has 1 saturated carbocycles. The highest BCUT2D eigenvalue weighted by atomic mass is 16.5. The zero-order valence-electron chi connectivity index (χ0n) is 13.1. The van der Waals surface area contributed by atoms with Crippen molar-refractivity contribution in [3.8, 4) is 11.5 Å². The summed E-state index contributed by atoms with van der Waals surface area (Å²) in [6, 6.07) is 7.06. The molecular weight excluding hydrogens is 262 g/mol. The van der Waals surface area contributed by atoms with Gasteiger partial charge in [-0.15, -0.1) is 0 Å². The smallest absolute Gasteiger partial charge is 0.161 e. The van der Waals surface area contributed by atoms with Crippen LogP contribution in [0.1, 0.15) is 50.5 Å².